The molecule has 0 heterocycles. The molecular formula is C25H33F4NO. The predicted molar refractivity (Wildman–Crippen MR) is 118 cm³/mol. The number of halogens is 4. The van der Waals surface area contributed by atoms with E-state index in [1.165, 1.54) is 30.5 Å². The molecular weight excluding hydrogens is 406 g/mol. The summed E-state index contributed by atoms with van der Waals surface area (Å²) in [6.07, 6.45) is -0.651. The lowest BCUT2D eigenvalue weighted by Crippen LogP contribution is -2.38. The summed E-state index contributed by atoms with van der Waals surface area (Å²) in [4.78, 5) is 0. The third-order valence-corrected chi connectivity index (χ3v) is 5.84. The lowest BCUT2D eigenvalue weighted by molar-refractivity contribution is -0.137. The van der Waals surface area contributed by atoms with Gasteiger partial charge in [-0.3, -0.25) is 0 Å². The number of nitrogens with one attached hydrogen (secondary N) is 1. The fourth-order valence-electron chi connectivity index (χ4n) is 4.10. The van der Waals surface area contributed by atoms with E-state index in [4.69, 9.17) is 5.41 Å². The Morgan fingerprint density at radius 1 is 0.968 bits per heavy atom. The van der Waals surface area contributed by atoms with Crippen molar-refractivity contribution in [3.8, 4) is 0 Å². The highest BCUT2D eigenvalue weighted by atomic mass is 19.4. The van der Waals surface area contributed by atoms with E-state index in [1.807, 2.05) is 20.8 Å². The highest BCUT2D eigenvalue weighted by Gasteiger charge is 2.37. The van der Waals surface area contributed by atoms with Crippen molar-refractivity contribution in [2.24, 2.45) is 0 Å². The van der Waals surface area contributed by atoms with Gasteiger partial charge in [0.25, 0.3) is 0 Å². The van der Waals surface area contributed by atoms with Crippen molar-refractivity contribution in [3.05, 3.63) is 70.0 Å². The summed E-state index contributed by atoms with van der Waals surface area (Å²) in [5.74, 6) is -0.231. The molecule has 2 nitrogen and oxygen atoms in total. The van der Waals surface area contributed by atoms with Gasteiger partial charge in [-0.15, -0.1) is 0 Å². The maximum atomic E-state index is 12.7. The maximum absolute atomic E-state index is 12.7. The molecule has 2 aromatic rings. The normalized spacial score (nSPS) is 14.3. The van der Waals surface area contributed by atoms with Gasteiger partial charge in [0.05, 0.1) is 11.7 Å². The Morgan fingerprint density at radius 3 is 1.81 bits per heavy atom. The minimum atomic E-state index is -4.32. The van der Waals surface area contributed by atoms with Gasteiger partial charge in [-0.1, -0.05) is 39.3 Å². The molecule has 0 amide bonds. The van der Waals surface area contributed by atoms with Crippen molar-refractivity contribution in [2.75, 3.05) is 0 Å². The van der Waals surface area contributed by atoms with Gasteiger partial charge in [0.15, 0.2) is 0 Å². The number of aryl methyl sites for hydroxylation is 2. The van der Waals surface area contributed by atoms with Gasteiger partial charge < -0.3 is 10.5 Å². The van der Waals surface area contributed by atoms with Crippen LogP contribution in [0.1, 0.15) is 74.3 Å². The molecule has 0 radical (unpaired) electrons. The molecule has 0 spiro atoms. The third-order valence-electron chi connectivity index (χ3n) is 5.84. The second-order valence-corrected chi connectivity index (χ2v) is 7.86. The molecule has 2 aromatic carbocycles. The minimum absolute atomic E-state index is 0.231. The van der Waals surface area contributed by atoms with Crippen molar-refractivity contribution in [1.29, 1.82) is 5.41 Å². The Hall–Kier alpha value is -2.21. The molecule has 0 aliphatic heterocycles. The average Bonchev–Trinajstić information content (AvgIpc) is 2.71. The van der Waals surface area contributed by atoms with Gasteiger partial charge in [-0.05, 0) is 79.6 Å². The maximum Gasteiger partial charge on any atom is 0.416 e. The Labute approximate surface area is 182 Å². The molecule has 2 rings (SSSR count). The van der Waals surface area contributed by atoms with Crippen LogP contribution in [0.2, 0.25) is 0 Å². The molecule has 2 N–H and O–H groups in total. The van der Waals surface area contributed by atoms with Crippen molar-refractivity contribution in [3.63, 3.8) is 0 Å². The summed E-state index contributed by atoms with van der Waals surface area (Å²) >= 11 is 0. The molecule has 2 atom stereocenters. The molecule has 172 valence electrons. The first-order valence-electron chi connectivity index (χ1n) is 10.6. The van der Waals surface area contributed by atoms with Gasteiger partial charge in [-0.2, -0.15) is 13.2 Å². The zero-order valence-corrected chi connectivity index (χ0v) is 18.9. The fourth-order valence-corrected chi connectivity index (χ4v) is 4.10. The van der Waals surface area contributed by atoms with E-state index in [9.17, 15) is 22.7 Å². The summed E-state index contributed by atoms with van der Waals surface area (Å²) < 4.78 is 50.5. The zero-order chi connectivity index (χ0) is 23.8. The van der Waals surface area contributed by atoms with Crippen LogP contribution in [0.15, 0.2) is 36.4 Å². The Kier molecular flexibility index (Phi) is 9.88. The Balaban J connectivity index is 0.000000367. The number of rotatable bonds is 7. The lowest BCUT2D eigenvalue weighted by Gasteiger charge is -2.38. The monoisotopic (exact) mass is 439 g/mol. The molecule has 0 fully saturated rings. The number of aliphatic hydroxyl groups excluding tert-OH is 1. The first-order valence-corrected chi connectivity index (χ1v) is 10.6. The molecule has 0 aliphatic carbocycles. The van der Waals surface area contributed by atoms with E-state index in [2.05, 4.69) is 0 Å². The van der Waals surface area contributed by atoms with E-state index in [1.54, 1.807) is 13.8 Å². The smallest absolute Gasteiger partial charge is 0.392 e. The second-order valence-electron chi connectivity index (χ2n) is 7.86. The minimum Gasteiger partial charge on any atom is -0.392 e. The molecule has 0 saturated heterocycles. The van der Waals surface area contributed by atoms with Crippen molar-refractivity contribution in [2.45, 2.75) is 78.0 Å². The second kappa shape index (κ2) is 11.4. The van der Waals surface area contributed by atoms with Crippen molar-refractivity contribution >= 4 is 6.21 Å². The molecule has 2 unspecified atom stereocenters. The van der Waals surface area contributed by atoms with Crippen LogP contribution in [-0.2, 0) is 11.6 Å². The van der Waals surface area contributed by atoms with E-state index >= 15 is 0 Å². The Bertz CT molecular complexity index is 823. The Morgan fingerprint density at radius 2 is 1.45 bits per heavy atom. The van der Waals surface area contributed by atoms with Crippen LogP contribution in [-0.4, -0.2) is 17.4 Å². The van der Waals surface area contributed by atoms with Crippen LogP contribution in [0.5, 0.6) is 0 Å². The van der Waals surface area contributed by atoms with Crippen molar-refractivity contribution in [1.82, 2.24) is 0 Å². The summed E-state index contributed by atoms with van der Waals surface area (Å²) in [5.41, 5.74) is 2.15. The molecule has 0 bridgehead atoms. The number of hydrogen-bond acceptors (Lipinski definition) is 2. The van der Waals surface area contributed by atoms with E-state index in [0.717, 1.165) is 47.2 Å². The van der Waals surface area contributed by atoms with E-state index in [0.29, 0.717) is 12.8 Å². The van der Waals surface area contributed by atoms with Crippen LogP contribution >= 0.6 is 0 Å². The van der Waals surface area contributed by atoms with Crippen LogP contribution < -0.4 is 0 Å². The standard InChI is InChI=1S/C16H23F3O.C9H10FN/c1-4-11-15(6-3,14(20)5-2)12-7-9-13(10-8-12)16(17,18)19;1-6-3-8(10)4-7(2)9(6)5-11/h7-10,14,20H,4-6,11H2,1-3H3;3-5,11H,1-2H3. The summed E-state index contributed by atoms with van der Waals surface area (Å²) in [5, 5.41) is 17.4. The lowest BCUT2D eigenvalue weighted by atomic mass is 9.69. The molecule has 0 aliphatic rings. The quantitative estimate of drug-likeness (QED) is 0.343. The van der Waals surface area contributed by atoms with Crippen LogP contribution in [0, 0.1) is 25.1 Å². The largest absolute Gasteiger partial charge is 0.416 e. The van der Waals surface area contributed by atoms with Gasteiger partial charge >= 0.3 is 6.18 Å². The molecule has 6 heteroatoms. The van der Waals surface area contributed by atoms with E-state index < -0.39 is 23.3 Å². The average molecular weight is 440 g/mol. The highest BCUT2D eigenvalue weighted by molar-refractivity contribution is 5.81. The highest BCUT2D eigenvalue weighted by Crippen LogP contribution is 2.39. The summed E-state index contributed by atoms with van der Waals surface area (Å²) in [6, 6.07) is 8.12. The van der Waals surface area contributed by atoms with Gasteiger partial charge in [0.1, 0.15) is 5.82 Å². The molecule has 31 heavy (non-hydrogen) atoms. The summed E-state index contributed by atoms with van der Waals surface area (Å²) in [6.45, 7) is 9.50. The van der Waals surface area contributed by atoms with Crippen LogP contribution in [0.4, 0.5) is 17.6 Å². The topological polar surface area (TPSA) is 44.1 Å². The van der Waals surface area contributed by atoms with Crippen LogP contribution in [0.3, 0.4) is 0 Å². The fraction of sp³-hybridized carbons (Fsp3) is 0.480. The first-order chi connectivity index (χ1) is 14.5. The third kappa shape index (κ3) is 6.63. The summed E-state index contributed by atoms with van der Waals surface area (Å²) in [7, 11) is 0. The predicted octanol–water partition coefficient (Wildman–Crippen LogP) is 7.36. The number of hydrogen-bond donors (Lipinski definition) is 2. The van der Waals surface area contributed by atoms with Crippen LogP contribution in [0.25, 0.3) is 0 Å². The first kappa shape index (κ1) is 26.8. The SMILES string of the molecule is CCCC(CC)(c1ccc(C(F)(F)F)cc1)C(O)CC.Cc1cc(F)cc(C)c1C=N. The van der Waals surface area contributed by atoms with E-state index in [-0.39, 0.29) is 5.82 Å². The zero-order valence-electron chi connectivity index (χ0n) is 18.9. The molecule has 0 saturated carbocycles. The van der Waals surface area contributed by atoms with Gasteiger partial charge in [-0.25, -0.2) is 4.39 Å². The number of aliphatic hydroxyl groups is 1. The molecule has 0 aromatic heterocycles. The number of alkyl halides is 3. The van der Waals surface area contributed by atoms with Crippen molar-refractivity contribution < 1.29 is 22.7 Å². The number of benzene rings is 2. The van der Waals surface area contributed by atoms with Gasteiger partial charge in [0, 0.05) is 11.6 Å². The van der Waals surface area contributed by atoms with Gasteiger partial charge in [0.2, 0.25) is 0 Å².